The third-order valence-corrected chi connectivity index (χ3v) is 4.46. The van der Waals surface area contributed by atoms with E-state index in [1.165, 1.54) is 0 Å². The first-order valence-electron chi connectivity index (χ1n) is 6.95. The smallest absolute Gasteiger partial charge is 0.274 e. The molecule has 8 heteroatoms. The van der Waals surface area contributed by atoms with Gasteiger partial charge in [0, 0.05) is 44.3 Å². The van der Waals surface area contributed by atoms with Crippen LogP contribution in [0.1, 0.15) is 17.4 Å². The number of carbonyl (C=O) groups is 1. The highest BCUT2D eigenvalue weighted by Gasteiger charge is 2.26. The predicted molar refractivity (Wildman–Crippen MR) is 82.5 cm³/mol. The van der Waals surface area contributed by atoms with Crippen molar-refractivity contribution in [3.05, 3.63) is 23.5 Å². The van der Waals surface area contributed by atoms with Crippen LogP contribution in [0.15, 0.2) is 17.8 Å². The van der Waals surface area contributed by atoms with Gasteiger partial charge < -0.3 is 15.5 Å². The van der Waals surface area contributed by atoms with Gasteiger partial charge in [0.2, 0.25) is 0 Å². The van der Waals surface area contributed by atoms with E-state index in [1.807, 2.05) is 17.2 Å². The average molecular weight is 306 g/mol. The van der Waals surface area contributed by atoms with E-state index in [2.05, 4.69) is 15.0 Å². The standard InChI is InChI=1S/C13H18N6OS/c1-2-19-11(10(14)9-16-19)12(20)17-4-6-18(7-5-17)13-15-3-8-21-13/h3,8-9H,2,4-7,14H2,1H3. The molecule has 7 nitrogen and oxygen atoms in total. The summed E-state index contributed by atoms with van der Waals surface area (Å²) in [4.78, 5) is 21.0. The van der Waals surface area contributed by atoms with Crippen LogP contribution in [0.3, 0.4) is 0 Å². The fraction of sp³-hybridized carbons (Fsp3) is 0.462. The summed E-state index contributed by atoms with van der Waals surface area (Å²) in [5.74, 6) is -0.0364. The molecule has 2 aromatic rings. The van der Waals surface area contributed by atoms with E-state index in [4.69, 9.17) is 5.73 Å². The molecular formula is C13H18N6OS. The number of nitrogen functional groups attached to an aromatic ring is 1. The lowest BCUT2D eigenvalue weighted by molar-refractivity contribution is 0.0735. The number of nitrogens with zero attached hydrogens (tertiary/aromatic N) is 5. The van der Waals surface area contributed by atoms with Gasteiger partial charge in [-0.3, -0.25) is 9.48 Å². The number of amides is 1. The van der Waals surface area contributed by atoms with Gasteiger partial charge in [-0.1, -0.05) is 0 Å². The number of aryl methyl sites for hydroxylation is 1. The van der Waals surface area contributed by atoms with Crippen molar-refractivity contribution in [2.75, 3.05) is 36.8 Å². The van der Waals surface area contributed by atoms with Gasteiger partial charge in [0.15, 0.2) is 5.13 Å². The molecule has 0 saturated carbocycles. The number of anilines is 2. The van der Waals surface area contributed by atoms with Crippen LogP contribution < -0.4 is 10.6 Å². The summed E-state index contributed by atoms with van der Waals surface area (Å²) in [7, 11) is 0. The molecule has 0 bridgehead atoms. The number of nitrogens with two attached hydrogens (primary N) is 1. The summed E-state index contributed by atoms with van der Waals surface area (Å²) in [6.45, 7) is 5.51. The van der Waals surface area contributed by atoms with Gasteiger partial charge in [-0.2, -0.15) is 5.10 Å². The molecule has 3 heterocycles. The Morgan fingerprint density at radius 1 is 1.38 bits per heavy atom. The number of hydrogen-bond acceptors (Lipinski definition) is 6. The maximum atomic E-state index is 12.6. The van der Waals surface area contributed by atoms with Gasteiger partial charge in [-0.25, -0.2) is 4.98 Å². The van der Waals surface area contributed by atoms with Crippen LogP contribution in [-0.4, -0.2) is 51.8 Å². The van der Waals surface area contributed by atoms with Gasteiger partial charge >= 0.3 is 0 Å². The monoisotopic (exact) mass is 306 g/mol. The highest BCUT2D eigenvalue weighted by molar-refractivity contribution is 7.13. The lowest BCUT2D eigenvalue weighted by Gasteiger charge is -2.34. The van der Waals surface area contributed by atoms with Crippen LogP contribution in [-0.2, 0) is 6.54 Å². The van der Waals surface area contributed by atoms with Crippen molar-refractivity contribution in [2.45, 2.75) is 13.5 Å². The second kappa shape index (κ2) is 5.72. The minimum absolute atomic E-state index is 0.0364. The number of thiazole rings is 1. The minimum atomic E-state index is -0.0364. The summed E-state index contributed by atoms with van der Waals surface area (Å²) in [5, 5.41) is 7.11. The van der Waals surface area contributed by atoms with Gasteiger partial charge in [0.05, 0.1) is 11.9 Å². The number of carbonyl (C=O) groups excluding carboxylic acids is 1. The molecule has 1 amide bonds. The Morgan fingerprint density at radius 2 is 2.14 bits per heavy atom. The van der Waals surface area contributed by atoms with Gasteiger partial charge in [0.25, 0.3) is 5.91 Å². The third kappa shape index (κ3) is 2.58. The van der Waals surface area contributed by atoms with E-state index < -0.39 is 0 Å². The molecule has 3 rings (SSSR count). The summed E-state index contributed by atoms with van der Waals surface area (Å²) >= 11 is 1.62. The quantitative estimate of drug-likeness (QED) is 0.911. The number of aromatic nitrogens is 3. The van der Waals surface area contributed by atoms with Crippen molar-refractivity contribution < 1.29 is 4.79 Å². The third-order valence-electron chi connectivity index (χ3n) is 3.63. The Labute approximate surface area is 127 Å². The molecule has 112 valence electrons. The van der Waals surface area contributed by atoms with E-state index in [9.17, 15) is 4.79 Å². The largest absolute Gasteiger partial charge is 0.396 e. The highest BCUT2D eigenvalue weighted by atomic mass is 32.1. The zero-order valence-corrected chi connectivity index (χ0v) is 12.7. The maximum Gasteiger partial charge on any atom is 0.274 e. The van der Waals surface area contributed by atoms with E-state index in [0.717, 1.165) is 18.2 Å². The van der Waals surface area contributed by atoms with Crippen molar-refractivity contribution in [1.29, 1.82) is 0 Å². The molecule has 0 atom stereocenters. The fourth-order valence-corrected chi connectivity index (χ4v) is 3.19. The summed E-state index contributed by atoms with van der Waals surface area (Å²) in [6, 6.07) is 0. The average Bonchev–Trinajstić information content (AvgIpc) is 3.16. The fourth-order valence-electron chi connectivity index (χ4n) is 2.50. The van der Waals surface area contributed by atoms with Crippen LogP contribution in [0.2, 0.25) is 0 Å². The Bertz CT molecular complexity index is 615. The maximum absolute atomic E-state index is 12.6. The highest BCUT2D eigenvalue weighted by Crippen LogP contribution is 2.20. The summed E-state index contributed by atoms with van der Waals surface area (Å²) in [5.41, 5.74) is 6.83. The minimum Gasteiger partial charge on any atom is -0.396 e. The van der Waals surface area contributed by atoms with Crippen LogP contribution >= 0.6 is 11.3 Å². The first kappa shape index (κ1) is 13.9. The Kier molecular flexibility index (Phi) is 3.78. The Hall–Kier alpha value is -2.09. The molecule has 2 aromatic heterocycles. The molecule has 0 aromatic carbocycles. The van der Waals surface area contributed by atoms with E-state index in [-0.39, 0.29) is 5.91 Å². The van der Waals surface area contributed by atoms with Crippen molar-refractivity contribution in [1.82, 2.24) is 19.7 Å². The Morgan fingerprint density at radius 3 is 2.76 bits per heavy atom. The van der Waals surface area contributed by atoms with Crippen LogP contribution in [0.5, 0.6) is 0 Å². The van der Waals surface area contributed by atoms with Crippen LogP contribution in [0.25, 0.3) is 0 Å². The summed E-state index contributed by atoms with van der Waals surface area (Å²) in [6.07, 6.45) is 3.35. The second-order valence-corrected chi connectivity index (χ2v) is 5.73. The van der Waals surface area contributed by atoms with Gasteiger partial charge in [-0.05, 0) is 6.92 Å². The van der Waals surface area contributed by atoms with Crippen molar-refractivity contribution in [3.63, 3.8) is 0 Å². The molecular weight excluding hydrogens is 288 g/mol. The first-order chi connectivity index (χ1) is 10.2. The molecule has 0 aliphatic carbocycles. The molecule has 1 fully saturated rings. The zero-order chi connectivity index (χ0) is 14.8. The van der Waals surface area contributed by atoms with E-state index in [0.29, 0.717) is 31.0 Å². The van der Waals surface area contributed by atoms with Crippen LogP contribution in [0, 0.1) is 0 Å². The first-order valence-corrected chi connectivity index (χ1v) is 7.83. The molecule has 0 radical (unpaired) electrons. The Balaban J connectivity index is 1.69. The van der Waals surface area contributed by atoms with E-state index in [1.54, 1.807) is 28.4 Å². The molecule has 1 aliphatic heterocycles. The lowest BCUT2D eigenvalue weighted by atomic mass is 10.2. The number of hydrogen-bond donors (Lipinski definition) is 1. The van der Waals surface area contributed by atoms with Crippen molar-refractivity contribution in [2.24, 2.45) is 0 Å². The molecule has 2 N–H and O–H groups in total. The predicted octanol–water partition coefficient (Wildman–Crippen LogP) is 0.904. The number of rotatable bonds is 3. The molecule has 21 heavy (non-hydrogen) atoms. The molecule has 1 aliphatic rings. The molecule has 0 unspecified atom stereocenters. The van der Waals surface area contributed by atoms with Gasteiger partial charge in [-0.15, -0.1) is 11.3 Å². The van der Waals surface area contributed by atoms with Crippen molar-refractivity contribution >= 4 is 28.1 Å². The normalized spacial score (nSPS) is 15.5. The van der Waals surface area contributed by atoms with Gasteiger partial charge in [0.1, 0.15) is 5.69 Å². The molecule has 1 saturated heterocycles. The van der Waals surface area contributed by atoms with Crippen LogP contribution in [0.4, 0.5) is 10.8 Å². The lowest BCUT2D eigenvalue weighted by Crippen LogP contribution is -2.49. The zero-order valence-electron chi connectivity index (χ0n) is 11.9. The van der Waals surface area contributed by atoms with Crippen molar-refractivity contribution in [3.8, 4) is 0 Å². The molecule has 0 spiro atoms. The van der Waals surface area contributed by atoms with E-state index >= 15 is 0 Å². The topological polar surface area (TPSA) is 80.3 Å². The summed E-state index contributed by atoms with van der Waals surface area (Å²) < 4.78 is 1.66. The SMILES string of the molecule is CCn1ncc(N)c1C(=O)N1CCN(c2nccs2)CC1. The second-order valence-electron chi connectivity index (χ2n) is 4.86. The number of piperazine rings is 1.